The maximum Gasteiger partial charge on any atom is 0.190 e. The lowest BCUT2D eigenvalue weighted by Crippen LogP contribution is -2.39. The van der Waals surface area contributed by atoms with Crippen molar-refractivity contribution < 1.29 is 13.2 Å². The van der Waals surface area contributed by atoms with Crippen molar-refractivity contribution in [1.29, 1.82) is 0 Å². The van der Waals surface area contributed by atoms with Crippen molar-refractivity contribution in [2.75, 3.05) is 33.0 Å². The summed E-state index contributed by atoms with van der Waals surface area (Å²) in [4.78, 5) is 4.55. The van der Waals surface area contributed by atoms with E-state index in [4.69, 9.17) is 4.74 Å². The Morgan fingerprint density at radius 1 is 1.07 bits per heavy atom. The van der Waals surface area contributed by atoms with Gasteiger partial charge in [0.1, 0.15) is 5.75 Å². The van der Waals surface area contributed by atoms with Gasteiger partial charge < -0.3 is 15.4 Å². The number of nitrogens with one attached hydrogen (secondary N) is 2. The molecule has 0 unspecified atom stereocenters. The minimum atomic E-state index is -3.24. The number of rotatable bonds is 9. The predicted molar refractivity (Wildman–Crippen MR) is 129 cm³/mol. The van der Waals surface area contributed by atoms with Gasteiger partial charge in [-0.05, 0) is 49.1 Å². The summed E-state index contributed by atoms with van der Waals surface area (Å²) in [6, 6.07) is 14.7. The van der Waals surface area contributed by atoms with E-state index in [2.05, 4.69) is 27.8 Å². The normalized spacial score (nSPS) is 11.5. The number of aryl methyl sites for hydroxylation is 1. The van der Waals surface area contributed by atoms with Crippen molar-refractivity contribution in [1.82, 2.24) is 10.6 Å². The molecule has 0 spiro atoms. The third-order valence-electron chi connectivity index (χ3n) is 4.39. The number of hydrogen-bond acceptors (Lipinski definition) is 4. The van der Waals surface area contributed by atoms with E-state index in [1.807, 2.05) is 19.1 Å². The molecule has 0 aliphatic rings. The average Bonchev–Trinajstić information content (AvgIpc) is 2.71. The molecule has 0 saturated carbocycles. The molecular weight excluding hydrogens is 501 g/mol. The molecule has 29 heavy (non-hydrogen) atoms. The fourth-order valence-electron chi connectivity index (χ4n) is 2.78. The summed E-state index contributed by atoms with van der Waals surface area (Å²) in [5.41, 5.74) is 2.29. The van der Waals surface area contributed by atoms with E-state index in [0.717, 1.165) is 17.7 Å². The van der Waals surface area contributed by atoms with Gasteiger partial charge in [0.05, 0.1) is 17.8 Å². The minimum absolute atomic E-state index is 0. The average molecular weight is 531 g/mol. The topological polar surface area (TPSA) is 79.8 Å². The summed E-state index contributed by atoms with van der Waals surface area (Å²) >= 11 is 0. The number of sulfone groups is 1. The van der Waals surface area contributed by atoms with Crippen molar-refractivity contribution in [3.8, 4) is 5.75 Å². The second kappa shape index (κ2) is 12.7. The van der Waals surface area contributed by atoms with Gasteiger partial charge in [0, 0.05) is 20.1 Å². The molecule has 2 aromatic carbocycles. The van der Waals surface area contributed by atoms with Gasteiger partial charge in [0.2, 0.25) is 0 Å². The lowest BCUT2D eigenvalue weighted by molar-refractivity contribution is 0.411. The summed E-state index contributed by atoms with van der Waals surface area (Å²) in [6.07, 6.45) is 1.34. The zero-order chi connectivity index (χ0) is 20.4. The standard InChI is InChI=1S/C21H29N3O3S.HI/c1-17-10-11-18(16-20(17)27-3)12-14-24-21(22-2)23-13-7-15-28(25,26)19-8-5-4-6-9-19;/h4-6,8-11,16H,7,12-15H2,1-3H3,(H2,22,23,24);1H. The Kier molecular flexibility index (Phi) is 11.0. The van der Waals surface area contributed by atoms with Gasteiger partial charge >= 0.3 is 0 Å². The van der Waals surface area contributed by atoms with E-state index < -0.39 is 9.84 Å². The lowest BCUT2D eigenvalue weighted by atomic mass is 10.1. The summed E-state index contributed by atoms with van der Waals surface area (Å²) < 4.78 is 29.9. The second-order valence-electron chi connectivity index (χ2n) is 6.47. The van der Waals surface area contributed by atoms with E-state index in [1.165, 1.54) is 5.56 Å². The molecule has 0 heterocycles. The molecule has 0 saturated heterocycles. The number of hydrogen-bond donors (Lipinski definition) is 2. The van der Waals surface area contributed by atoms with Gasteiger partial charge in [-0.1, -0.05) is 30.3 Å². The Bertz CT molecular complexity index is 887. The third-order valence-corrected chi connectivity index (χ3v) is 6.20. The van der Waals surface area contributed by atoms with E-state index in [1.54, 1.807) is 38.4 Å². The molecule has 160 valence electrons. The Balaban J connectivity index is 0.00000420. The molecule has 0 bridgehead atoms. The molecule has 2 rings (SSSR count). The van der Waals surface area contributed by atoms with Gasteiger partial charge in [-0.3, -0.25) is 4.99 Å². The van der Waals surface area contributed by atoms with Crippen LogP contribution in [0.25, 0.3) is 0 Å². The van der Waals surface area contributed by atoms with Crippen LogP contribution < -0.4 is 15.4 Å². The molecule has 6 nitrogen and oxygen atoms in total. The molecule has 0 atom stereocenters. The monoisotopic (exact) mass is 531 g/mol. The number of benzene rings is 2. The highest BCUT2D eigenvalue weighted by Gasteiger charge is 2.13. The molecule has 0 fully saturated rings. The Labute approximate surface area is 191 Å². The van der Waals surface area contributed by atoms with Crippen molar-refractivity contribution in [2.24, 2.45) is 4.99 Å². The van der Waals surface area contributed by atoms with Crippen LogP contribution in [0.3, 0.4) is 0 Å². The van der Waals surface area contributed by atoms with Crippen LogP contribution in [-0.2, 0) is 16.3 Å². The first-order valence-electron chi connectivity index (χ1n) is 9.32. The number of aliphatic imine (C=N–C) groups is 1. The fraction of sp³-hybridized carbons (Fsp3) is 0.381. The van der Waals surface area contributed by atoms with Crippen LogP contribution in [-0.4, -0.2) is 47.4 Å². The van der Waals surface area contributed by atoms with Gasteiger partial charge in [-0.15, -0.1) is 24.0 Å². The van der Waals surface area contributed by atoms with E-state index in [-0.39, 0.29) is 29.7 Å². The molecule has 2 N–H and O–H groups in total. The third kappa shape index (κ3) is 8.22. The largest absolute Gasteiger partial charge is 0.496 e. The second-order valence-corrected chi connectivity index (χ2v) is 8.57. The lowest BCUT2D eigenvalue weighted by Gasteiger charge is -2.13. The molecule has 0 radical (unpaired) electrons. The zero-order valence-electron chi connectivity index (χ0n) is 17.1. The number of ether oxygens (including phenoxy) is 1. The summed E-state index contributed by atoms with van der Waals surface area (Å²) in [5, 5.41) is 6.41. The van der Waals surface area contributed by atoms with Crippen molar-refractivity contribution in [3.05, 3.63) is 59.7 Å². The molecule has 0 aliphatic heterocycles. The van der Waals surface area contributed by atoms with E-state index in [0.29, 0.717) is 30.4 Å². The number of nitrogens with zero attached hydrogens (tertiary/aromatic N) is 1. The summed E-state index contributed by atoms with van der Waals surface area (Å²) in [6.45, 7) is 3.27. The van der Waals surface area contributed by atoms with Crippen molar-refractivity contribution >= 4 is 39.8 Å². The Hall–Kier alpha value is -1.81. The Morgan fingerprint density at radius 3 is 2.41 bits per heavy atom. The first-order valence-corrected chi connectivity index (χ1v) is 11.0. The highest BCUT2D eigenvalue weighted by molar-refractivity contribution is 14.0. The molecule has 0 aromatic heterocycles. The predicted octanol–water partition coefficient (Wildman–Crippen LogP) is 3.19. The summed E-state index contributed by atoms with van der Waals surface area (Å²) in [5.74, 6) is 1.65. The molecule has 8 heteroatoms. The zero-order valence-corrected chi connectivity index (χ0v) is 20.3. The molecule has 2 aromatic rings. The maximum atomic E-state index is 12.3. The van der Waals surface area contributed by atoms with Gasteiger partial charge in [-0.25, -0.2) is 8.42 Å². The minimum Gasteiger partial charge on any atom is -0.496 e. The number of guanidine groups is 1. The quantitative estimate of drug-likeness (QED) is 0.225. The van der Waals surface area contributed by atoms with Crippen LogP contribution in [0.2, 0.25) is 0 Å². The molecule has 0 aliphatic carbocycles. The first kappa shape index (κ1) is 25.2. The van der Waals surface area contributed by atoms with Crippen molar-refractivity contribution in [3.63, 3.8) is 0 Å². The highest BCUT2D eigenvalue weighted by atomic mass is 127. The first-order chi connectivity index (χ1) is 13.5. The van der Waals surface area contributed by atoms with Gasteiger partial charge in [-0.2, -0.15) is 0 Å². The number of halogens is 1. The number of methoxy groups -OCH3 is 1. The smallest absolute Gasteiger partial charge is 0.190 e. The highest BCUT2D eigenvalue weighted by Crippen LogP contribution is 2.19. The van der Waals surface area contributed by atoms with Gasteiger partial charge in [0.15, 0.2) is 15.8 Å². The Morgan fingerprint density at radius 2 is 1.76 bits per heavy atom. The van der Waals surface area contributed by atoms with Crippen molar-refractivity contribution in [2.45, 2.75) is 24.7 Å². The SMILES string of the molecule is CN=C(NCCCS(=O)(=O)c1ccccc1)NCCc1ccc(C)c(OC)c1.I. The maximum absolute atomic E-state index is 12.3. The van der Waals surface area contributed by atoms with Crippen LogP contribution >= 0.6 is 24.0 Å². The van der Waals surface area contributed by atoms with E-state index >= 15 is 0 Å². The fourth-order valence-corrected chi connectivity index (χ4v) is 4.11. The van der Waals surface area contributed by atoms with Crippen LogP contribution in [0.1, 0.15) is 17.5 Å². The molecule has 0 amide bonds. The van der Waals surface area contributed by atoms with Crippen LogP contribution in [0, 0.1) is 6.92 Å². The van der Waals surface area contributed by atoms with E-state index in [9.17, 15) is 8.42 Å². The van der Waals surface area contributed by atoms with Crippen LogP contribution in [0.15, 0.2) is 58.4 Å². The molecular formula is C21H30IN3O3S. The summed E-state index contributed by atoms with van der Waals surface area (Å²) in [7, 11) is 0.134. The van der Waals surface area contributed by atoms with Crippen LogP contribution in [0.4, 0.5) is 0 Å². The van der Waals surface area contributed by atoms with Gasteiger partial charge in [0.25, 0.3) is 0 Å². The van der Waals surface area contributed by atoms with Crippen LogP contribution in [0.5, 0.6) is 5.75 Å².